The van der Waals surface area contributed by atoms with E-state index in [0.717, 1.165) is 11.4 Å². The zero-order chi connectivity index (χ0) is 14.7. The molecular formula is C15H14N4OS. The van der Waals surface area contributed by atoms with Crippen LogP contribution in [0.25, 0.3) is 5.69 Å². The molecule has 0 aliphatic heterocycles. The lowest BCUT2D eigenvalue weighted by molar-refractivity contribution is 0.407. The summed E-state index contributed by atoms with van der Waals surface area (Å²) in [6.07, 6.45) is 3.81. The average Bonchev–Trinajstić information content (AvgIpc) is 2.99. The van der Waals surface area contributed by atoms with E-state index in [1.165, 1.54) is 0 Å². The van der Waals surface area contributed by atoms with Crippen molar-refractivity contribution < 1.29 is 4.74 Å². The highest BCUT2D eigenvalue weighted by Gasteiger charge is 2.05. The molecule has 0 atom stereocenters. The second-order valence-corrected chi connectivity index (χ2v) is 4.89. The van der Waals surface area contributed by atoms with Crippen LogP contribution in [0.15, 0.2) is 54.9 Å². The van der Waals surface area contributed by atoms with Crippen molar-refractivity contribution in [2.75, 3.05) is 7.11 Å². The van der Waals surface area contributed by atoms with Crippen molar-refractivity contribution in [1.29, 1.82) is 0 Å². The van der Waals surface area contributed by atoms with Crippen LogP contribution in [0, 0.1) is 4.64 Å². The van der Waals surface area contributed by atoms with E-state index in [1.54, 1.807) is 11.8 Å². The van der Waals surface area contributed by atoms with Crippen LogP contribution < -0.4 is 4.74 Å². The van der Waals surface area contributed by atoms with E-state index in [0.29, 0.717) is 16.9 Å². The van der Waals surface area contributed by atoms with Crippen molar-refractivity contribution in [3.8, 4) is 11.4 Å². The maximum absolute atomic E-state index is 5.37. The van der Waals surface area contributed by atoms with Gasteiger partial charge in [-0.3, -0.25) is 0 Å². The summed E-state index contributed by atoms with van der Waals surface area (Å²) >= 11 is 5.37. The molecule has 0 bridgehead atoms. The third-order valence-corrected chi connectivity index (χ3v) is 3.53. The molecule has 0 N–H and O–H groups in total. The Kier molecular flexibility index (Phi) is 3.79. The summed E-state index contributed by atoms with van der Waals surface area (Å²) in [5, 5.41) is 8.33. The Hall–Kier alpha value is -2.47. The first-order valence-corrected chi connectivity index (χ1v) is 6.89. The number of aromatic nitrogens is 4. The third-order valence-electron chi connectivity index (χ3n) is 3.10. The summed E-state index contributed by atoms with van der Waals surface area (Å²) < 4.78 is 9.54. The average molecular weight is 298 g/mol. The van der Waals surface area contributed by atoms with Crippen molar-refractivity contribution in [1.82, 2.24) is 19.6 Å². The van der Waals surface area contributed by atoms with Gasteiger partial charge in [0.2, 0.25) is 0 Å². The van der Waals surface area contributed by atoms with Crippen LogP contribution in [-0.2, 0) is 6.54 Å². The molecule has 0 spiro atoms. The maximum atomic E-state index is 5.37. The number of ether oxygens (including phenoxy) is 1. The van der Waals surface area contributed by atoms with E-state index in [-0.39, 0.29) is 0 Å². The van der Waals surface area contributed by atoms with Gasteiger partial charge in [0.05, 0.1) is 25.5 Å². The van der Waals surface area contributed by atoms with Gasteiger partial charge in [0.1, 0.15) is 10.3 Å². The smallest absolute Gasteiger partial charge is 0.153 e. The third kappa shape index (κ3) is 2.85. The van der Waals surface area contributed by atoms with E-state index in [1.807, 2.05) is 59.4 Å². The molecule has 0 radical (unpaired) electrons. The summed E-state index contributed by atoms with van der Waals surface area (Å²) in [5.74, 6) is 0.683. The Balaban J connectivity index is 1.87. The zero-order valence-corrected chi connectivity index (χ0v) is 12.3. The Morgan fingerprint density at radius 3 is 2.71 bits per heavy atom. The lowest BCUT2D eigenvalue weighted by Crippen LogP contribution is -2.03. The Morgan fingerprint density at radius 2 is 1.95 bits per heavy atom. The molecule has 5 nitrogen and oxygen atoms in total. The first-order valence-electron chi connectivity index (χ1n) is 6.48. The first-order chi connectivity index (χ1) is 10.3. The molecule has 106 valence electrons. The predicted octanol–water partition coefficient (Wildman–Crippen LogP) is 2.86. The second-order valence-electron chi connectivity index (χ2n) is 4.50. The minimum Gasteiger partial charge on any atom is -0.494 e. The first kappa shape index (κ1) is 13.5. The number of hydrogen-bond donors (Lipinski definition) is 0. The highest BCUT2D eigenvalue weighted by molar-refractivity contribution is 7.71. The largest absolute Gasteiger partial charge is 0.494 e. The van der Waals surface area contributed by atoms with Gasteiger partial charge in [-0.25, -0.2) is 4.68 Å². The highest BCUT2D eigenvalue weighted by Crippen LogP contribution is 2.13. The Morgan fingerprint density at radius 1 is 1.14 bits per heavy atom. The van der Waals surface area contributed by atoms with Gasteiger partial charge in [-0.05, 0) is 24.3 Å². The number of nitrogens with zero attached hydrogens (tertiary/aromatic N) is 4. The number of pyridine rings is 1. The standard InChI is InChI=1S/C15H14N4OS/c1-20-14-8-5-9-18(15(14)21)10-12-11-19(17-16-12)13-6-3-2-4-7-13/h2-9,11H,10H2,1H3. The quantitative estimate of drug-likeness (QED) is 0.695. The molecule has 0 amide bonds. The Labute approximate surface area is 127 Å². The van der Waals surface area contributed by atoms with Gasteiger partial charge < -0.3 is 9.30 Å². The summed E-state index contributed by atoms with van der Waals surface area (Å²) in [5.41, 5.74) is 1.81. The molecule has 0 unspecified atom stereocenters. The molecule has 2 aromatic heterocycles. The van der Waals surface area contributed by atoms with Gasteiger partial charge in [-0.2, -0.15) is 0 Å². The number of methoxy groups -OCH3 is 1. The molecule has 3 aromatic rings. The van der Waals surface area contributed by atoms with Crippen LogP contribution in [0.3, 0.4) is 0 Å². The van der Waals surface area contributed by atoms with Crippen LogP contribution in [0.1, 0.15) is 5.69 Å². The van der Waals surface area contributed by atoms with E-state index >= 15 is 0 Å². The molecule has 6 heteroatoms. The topological polar surface area (TPSA) is 44.9 Å². The van der Waals surface area contributed by atoms with E-state index in [9.17, 15) is 0 Å². The molecule has 0 fully saturated rings. The SMILES string of the molecule is COc1cccn(Cc2cn(-c3ccccc3)nn2)c1=S. The zero-order valence-electron chi connectivity index (χ0n) is 11.5. The second kappa shape index (κ2) is 5.88. The molecule has 21 heavy (non-hydrogen) atoms. The molecule has 1 aromatic carbocycles. The van der Waals surface area contributed by atoms with Crippen molar-refractivity contribution in [3.63, 3.8) is 0 Å². The summed E-state index contributed by atoms with van der Waals surface area (Å²) in [7, 11) is 1.61. The number of benzene rings is 1. The molecule has 0 saturated carbocycles. The van der Waals surface area contributed by atoms with Crippen LogP contribution in [0.4, 0.5) is 0 Å². The van der Waals surface area contributed by atoms with Crippen molar-refractivity contribution in [2.45, 2.75) is 6.54 Å². The summed E-state index contributed by atoms with van der Waals surface area (Å²) in [6, 6.07) is 13.6. The van der Waals surface area contributed by atoms with Crippen LogP contribution in [0.5, 0.6) is 5.75 Å². The van der Waals surface area contributed by atoms with Crippen LogP contribution in [0.2, 0.25) is 0 Å². The van der Waals surface area contributed by atoms with Gasteiger partial charge in [0.15, 0.2) is 5.75 Å². The fraction of sp³-hybridized carbons (Fsp3) is 0.133. The molecular weight excluding hydrogens is 284 g/mol. The van der Waals surface area contributed by atoms with E-state index < -0.39 is 0 Å². The van der Waals surface area contributed by atoms with Crippen molar-refractivity contribution >= 4 is 12.2 Å². The fourth-order valence-corrected chi connectivity index (χ4v) is 2.32. The van der Waals surface area contributed by atoms with Gasteiger partial charge in [0, 0.05) is 6.20 Å². The van der Waals surface area contributed by atoms with Gasteiger partial charge >= 0.3 is 0 Å². The lowest BCUT2D eigenvalue weighted by atomic mass is 10.3. The normalized spacial score (nSPS) is 10.5. The molecule has 0 aliphatic carbocycles. The monoisotopic (exact) mass is 298 g/mol. The molecule has 3 rings (SSSR count). The maximum Gasteiger partial charge on any atom is 0.153 e. The minimum atomic E-state index is 0.558. The number of para-hydroxylation sites is 1. The van der Waals surface area contributed by atoms with Crippen molar-refractivity contribution in [2.24, 2.45) is 0 Å². The summed E-state index contributed by atoms with van der Waals surface area (Å²) in [6.45, 7) is 0.558. The van der Waals surface area contributed by atoms with Crippen LogP contribution in [-0.4, -0.2) is 26.7 Å². The Bertz CT molecular complexity index is 795. The highest BCUT2D eigenvalue weighted by atomic mass is 32.1. The van der Waals surface area contributed by atoms with E-state index in [4.69, 9.17) is 17.0 Å². The van der Waals surface area contributed by atoms with Gasteiger partial charge in [0.25, 0.3) is 0 Å². The summed E-state index contributed by atoms with van der Waals surface area (Å²) in [4.78, 5) is 0. The molecule has 0 aliphatic rings. The van der Waals surface area contributed by atoms with Crippen LogP contribution >= 0.6 is 12.2 Å². The van der Waals surface area contributed by atoms with E-state index in [2.05, 4.69) is 10.3 Å². The molecule has 0 saturated heterocycles. The lowest BCUT2D eigenvalue weighted by Gasteiger charge is -2.07. The minimum absolute atomic E-state index is 0.558. The van der Waals surface area contributed by atoms with Gasteiger partial charge in [-0.1, -0.05) is 35.6 Å². The van der Waals surface area contributed by atoms with Gasteiger partial charge in [-0.15, -0.1) is 5.10 Å². The van der Waals surface area contributed by atoms with Crippen molar-refractivity contribution in [3.05, 3.63) is 65.2 Å². The fourth-order valence-electron chi connectivity index (χ4n) is 2.05. The number of hydrogen-bond acceptors (Lipinski definition) is 4. The number of rotatable bonds is 4. The predicted molar refractivity (Wildman–Crippen MR) is 82.3 cm³/mol. The molecule has 2 heterocycles.